The van der Waals surface area contributed by atoms with E-state index in [0.29, 0.717) is 16.5 Å². The molecule has 1 heterocycles. The zero-order chi connectivity index (χ0) is 11.5. The number of hydrogen-bond acceptors (Lipinski definition) is 2. The number of hydrogen-bond donors (Lipinski definition) is 1. The van der Waals surface area contributed by atoms with Crippen molar-refractivity contribution in [3.8, 4) is 0 Å². The lowest BCUT2D eigenvalue weighted by atomic mass is 10.0. The summed E-state index contributed by atoms with van der Waals surface area (Å²) in [5.74, 6) is -0.161. The lowest BCUT2D eigenvalue weighted by Crippen LogP contribution is -2.27. The molecule has 0 saturated carbocycles. The van der Waals surface area contributed by atoms with Crippen molar-refractivity contribution in [3.05, 3.63) is 35.6 Å². The Morgan fingerprint density at radius 1 is 1.25 bits per heavy atom. The summed E-state index contributed by atoms with van der Waals surface area (Å²) < 4.78 is 12.9. The van der Waals surface area contributed by atoms with Crippen LogP contribution in [0.15, 0.2) is 24.3 Å². The number of nitrogens with one attached hydrogen (secondary N) is 1. The Kier molecular flexibility index (Phi) is 3.87. The van der Waals surface area contributed by atoms with E-state index in [2.05, 4.69) is 19.2 Å². The van der Waals surface area contributed by atoms with Crippen LogP contribution >= 0.6 is 11.8 Å². The third-order valence-electron chi connectivity index (χ3n) is 3.06. The molecule has 3 unspecified atom stereocenters. The third-order valence-corrected chi connectivity index (χ3v) is 4.46. The summed E-state index contributed by atoms with van der Waals surface area (Å²) in [7, 11) is 0. The molecular formula is C13H18FNS. The highest BCUT2D eigenvalue weighted by atomic mass is 32.2. The largest absolute Gasteiger partial charge is 0.309 e. The van der Waals surface area contributed by atoms with Crippen LogP contribution in [0, 0.1) is 5.82 Å². The van der Waals surface area contributed by atoms with Gasteiger partial charge >= 0.3 is 0 Å². The first-order valence-corrected chi connectivity index (χ1v) is 6.75. The van der Waals surface area contributed by atoms with Gasteiger partial charge in [-0.15, -0.1) is 0 Å². The molecule has 1 saturated heterocycles. The van der Waals surface area contributed by atoms with Crippen LogP contribution in [0.2, 0.25) is 0 Å². The fourth-order valence-corrected chi connectivity index (χ4v) is 3.58. The first-order chi connectivity index (χ1) is 7.66. The third kappa shape index (κ3) is 2.77. The quantitative estimate of drug-likeness (QED) is 0.806. The molecule has 88 valence electrons. The molecule has 0 aromatic heterocycles. The topological polar surface area (TPSA) is 12.0 Å². The Balaban J connectivity index is 2.15. The van der Waals surface area contributed by atoms with Gasteiger partial charge < -0.3 is 5.32 Å². The van der Waals surface area contributed by atoms with Gasteiger partial charge in [0.25, 0.3) is 0 Å². The fraction of sp³-hybridized carbons (Fsp3) is 0.538. The summed E-state index contributed by atoms with van der Waals surface area (Å²) >= 11 is 2.01. The van der Waals surface area contributed by atoms with Gasteiger partial charge in [-0.1, -0.05) is 26.0 Å². The second-order valence-electron chi connectivity index (χ2n) is 4.42. The highest BCUT2D eigenvalue weighted by molar-refractivity contribution is 8.00. The summed E-state index contributed by atoms with van der Waals surface area (Å²) in [5, 5.41) is 4.79. The molecule has 1 N–H and O–H groups in total. The maximum Gasteiger partial charge on any atom is 0.123 e. The second kappa shape index (κ2) is 5.19. The maximum absolute atomic E-state index is 12.9. The van der Waals surface area contributed by atoms with Crippen LogP contribution in [0.5, 0.6) is 0 Å². The van der Waals surface area contributed by atoms with Crippen molar-refractivity contribution in [2.45, 2.75) is 36.8 Å². The minimum atomic E-state index is -0.161. The molecule has 1 aliphatic rings. The molecule has 1 fully saturated rings. The SMILES string of the molecule is CC1CCNC(c2ccc(F)cc2)C(C)S1. The van der Waals surface area contributed by atoms with E-state index in [9.17, 15) is 4.39 Å². The van der Waals surface area contributed by atoms with Gasteiger partial charge in [0.05, 0.1) is 0 Å². The average molecular weight is 239 g/mol. The van der Waals surface area contributed by atoms with Gasteiger partial charge in [-0.3, -0.25) is 0 Å². The number of rotatable bonds is 1. The second-order valence-corrected chi connectivity index (χ2v) is 6.24. The van der Waals surface area contributed by atoms with Crippen molar-refractivity contribution in [1.29, 1.82) is 0 Å². The van der Waals surface area contributed by atoms with Crippen LogP contribution in [-0.4, -0.2) is 17.0 Å². The van der Waals surface area contributed by atoms with Crippen LogP contribution < -0.4 is 5.32 Å². The Morgan fingerprint density at radius 3 is 2.62 bits per heavy atom. The minimum Gasteiger partial charge on any atom is -0.309 e. The molecule has 0 radical (unpaired) electrons. The van der Waals surface area contributed by atoms with E-state index in [-0.39, 0.29) is 5.82 Å². The van der Waals surface area contributed by atoms with Gasteiger partial charge in [0, 0.05) is 16.5 Å². The van der Waals surface area contributed by atoms with Crippen LogP contribution in [0.4, 0.5) is 4.39 Å². The van der Waals surface area contributed by atoms with Crippen molar-refractivity contribution in [2.24, 2.45) is 0 Å². The molecule has 2 rings (SSSR count). The molecule has 3 atom stereocenters. The van der Waals surface area contributed by atoms with Crippen molar-refractivity contribution in [3.63, 3.8) is 0 Å². The van der Waals surface area contributed by atoms with E-state index >= 15 is 0 Å². The van der Waals surface area contributed by atoms with Gasteiger partial charge in [-0.25, -0.2) is 4.39 Å². The van der Waals surface area contributed by atoms with Crippen LogP contribution in [0.3, 0.4) is 0 Å². The Hall–Kier alpha value is -0.540. The first-order valence-electron chi connectivity index (χ1n) is 5.81. The van der Waals surface area contributed by atoms with Crippen LogP contribution in [0.25, 0.3) is 0 Å². The van der Waals surface area contributed by atoms with Crippen LogP contribution in [-0.2, 0) is 0 Å². The smallest absolute Gasteiger partial charge is 0.123 e. The van der Waals surface area contributed by atoms with E-state index in [4.69, 9.17) is 0 Å². The fourth-order valence-electron chi connectivity index (χ4n) is 2.18. The maximum atomic E-state index is 12.9. The molecule has 0 aliphatic carbocycles. The molecule has 0 spiro atoms. The van der Waals surface area contributed by atoms with E-state index < -0.39 is 0 Å². The van der Waals surface area contributed by atoms with Crippen molar-refractivity contribution >= 4 is 11.8 Å². The number of thioether (sulfide) groups is 1. The molecule has 1 aromatic rings. The number of benzene rings is 1. The monoisotopic (exact) mass is 239 g/mol. The van der Waals surface area contributed by atoms with Gasteiger partial charge in [0.1, 0.15) is 5.82 Å². The summed E-state index contributed by atoms with van der Waals surface area (Å²) in [5.41, 5.74) is 1.19. The highest BCUT2D eigenvalue weighted by Gasteiger charge is 2.24. The van der Waals surface area contributed by atoms with Gasteiger partial charge in [-0.2, -0.15) is 11.8 Å². The summed E-state index contributed by atoms with van der Waals surface area (Å²) in [4.78, 5) is 0. The summed E-state index contributed by atoms with van der Waals surface area (Å²) in [6, 6.07) is 7.21. The van der Waals surface area contributed by atoms with E-state index in [1.807, 2.05) is 23.9 Å². The van der Waals surface area contributed by atoms with Crippen molar-refractivity contribution in [1.82, 2.24) is 5.32 Å². The lowest BCUT2D eigenvalue weighted by molar-refractivity contribution is 0.533. The predicted molar refractivity (Wildman–Crippen MR) is 68.3 cm³/mol. The summed E-state index contributed by atoms with van der Waals surface area (Å²) in [6.07, 6.45) is 1.20. The predicted octanol–water partition coefficient (Wildman–Crippen LogP) is 3.37. The van der Waals surface area contributed by atoms with E-state index in [1.54, 1.807) is 12.1 Å². The van der Waals surface area contributed by atoms with Gasteiger partial charge in [0.2, 0.25) is 0 Å². The molecule has 0 amide bonds. The molecule has 1 nitrogen and oxygen atoms in total. The molecule has 0 bridgehead atoms. The average Bonchev–Trinajstić information content (AvgIpc) is 2.41. The lowest BCUT2D eigenvalue weighted by Gasteiger charge is -2.23. The standard InChI is InChI=1S/C13H18FNS/c1-9-7-8-15-13(10(2)16-9)11-3-5-12(14)6-4-11/h3-6,9-10,13,15H,7-8H2,1-2H3. The van der Waals surface area contributed by atoms with Crippen LogP contribution in [0.1, 0.15) is 31.9 Å². The molecular weight excluding hydrogens is 221 g/mol. The van der Waals surface area contributed by atoms with Crippen molar-refractivity contribution < 1.29 is 4.39 Å². The first kappa shape index (κ1) is 11.9. The highest BCUT2D eigenvalue weighted by Crippen LogP contribution is 2.32. The zero-order valence-electron chi connectivity index (χ0n) is 9.74. The minimum absolute atomic E-state index is 0.161. The van der Waals surface area contributed by atoms with Crippen molar-refractivity contribution in [2.75, 3.05) is 6.54 Å². The Morgan fingerprint density at radius 2 is 1.94 bits per heavy atom. The van der Waals surface area contributed by atoms with E-state index in [1.165, 1.54) is 12.0 Å². The normalized spacial score (nSPS) is 31.1. The Labute approximate surface area is 101 Å². The molecule has 3 heteroatoms. The van der Waals surface area contributed by atoms with Gasteiger partial charge in [-0.05, 0) is 30.7 Å². The van der Waals surface area contributed by atoms with E-state index in [0.717, 1.165) is 6.54 Å². The van der Waals surface area contributed by atoms with Gasteiger partial charge in [0.15, 0.2) is 0 Å². The summed E-state index contributed by atoms with van der Waals surface area (Å²) in [6.45, 7) is 5.56. The molecule has 1 aliphatic heterocycles. The molecule has 16 heavy (non-hydrogen) atoms. The Bertz CT molecular complexity index is 338. The molecule has 1 aromatic carbocycles. The zero-order valence-corrected chi connectivity index (χ0v) is 10.6. The number of halogens is 1.